The predicted octanol–water partition coefficient (Wildman–Crippen LogP) is 3.67. The van der Waals surface area contributed by atoms with Crippen LogP contribution in [0.2, 0.25) is 10.0 Å². The lowest BCUT2D eigenvalue weighted by Crippen LogP contribution is -2.32. The lowest BCUT2D eigenvalue weighted by Gasteiger charge is -2.18. The SMILES string of the molecule is COc1cccc(CNC(=O)[C@H]2CC(=O)N(c3cccc(Cl)c3Cl)C2)c1. The van der Waals surface area contributed by atoms with Gasteiger partial charge in [-0.25, -0.2) is 0 Å². The van der Waals surface area contributed by atoms with Gasteiger partial charge in [0, 0.05) is 19.5 Å². The Balaban J connectivity index is 1.64. The number of rotatable bonds is 5. The summed E-state index contributed by atoms with van der Waals surface area (Å²) in [5.41, 5.74) is 1.46. The van der Waals surface area contributed by atoms with Crippen molar-refractivity contribution in [3.63, 3.8) is 0 Å². The van der Waals surface area contributed by atoms with Gasteiger partial charge >= 0.3 is 0 Å². The highest BCUT2D eigenvalue weighted by Gasteiger charge is 2.36. The molecule has 0 saturated carbocycles. The molecule has 5 nitrogen and oxygen atoms in total. The van der Waals surface area contributed by atoms with E-state index in [0.29, 0.717) is 22.3 Å². The van der Waals surface area contributed by atoms with E-state index >= 15 is 0 Å². The second kappa shape index (κ2) is 7.98. The van der Waals surface area contributed by atoms with E-state index in [9.17, 15) is 9.59 Å². The van der Waals surface area contributed by atoms with Crippen LogP contribution < -0.4 is 15.0 Å². The van der Waals surface area contributed by atoms with Gasteiger partial charge in [0.05, 0.1) is 28.8 Å². The van der Waals surface area contributed by atoms with Crippen molar-refractivity contribution in [3.05, 3.63) is 58.1 Å². The molecule has 26 heavy (non-hydrogen) atoms. The largest absolute Gasteiger partial charge is 0.497 e. The van der Waals surface area contributed by atoms with Gasteiger partial charge in [0.1, 0.15) is 5.75 Å². The first-order chi connectivity index (χ1) is 12.5. The van der Waals surface area contributed by atoms with Gasteiger partial charge in [-0.05, 0) is 29.8 Å². The van der Waals surface area contributed by atoms with Crippen LogP contribution in [0.15, 0.2) is 42.5 Å². The van der Waals surface area contributed by atoms with E-state index in [1.54, 1.807) is 25.3 Å². The Morgan fingerprint density at radius 3 is 2.81 bits per heavy atom. The van der Waals surface area contributed by atoms with E-state index in [2.05, 4.69) is 5.32 Å². The van der Waals surface area contributed by atoms with Crippen LogP contribution in [0.5, 0.6) is 5.75 Å². The number of anilines is 1. The molecule has 2 aromatic rings. The summed E-state index contributed by atoms with van der Waals surface area (Å²) < 4.78 is 5.17. The van der Waals surface area contributed by atoms with Crippen molar-refractivity contribution in [2.45, 2.75) is 13.0 Å². The molecule has 7 heteroatoms. The monoisotopic (exact) mass is 392 g/mol. The smallest absolute Gasteiger partial charge is 0.227 e. The molecule has 0 aromatic heterocycles. The van der Waals surface area contributed by atoms with E-state index in [1.165, 1.54) is 4.90 Å². The molecule has 1 aliphatic heterocycles. The number of carbonyl (C=O) groups is 2. The third kappa shape index (κ3) is 3.94. The molecule has 0 spiro atoms. The molecule has 3 rings (SSSR count). The van der Waals surface area contributed by atoms with Crippen LogP contribution in [-0.2, 0) is 16.1 Å². The van der Waals surface area contributed by atoms with Gasteiger partial charge in [-0.1, -0.05) is 41.4 Å². The summed E-state index contributed by atoms with van der Waals surface area (Å²) in [4.78, 5) is 26.3. The zero-order valence-corrected chi connectivity index (χ0v) is 15.7. The quantitative estimate of drug-likeness (QED) is 0.844. The molecule has 1 aliphatic rings. The van der Waals surface area contributed by atoms with Crippen LogP contribution >= 0.6 is 23.2 Å². The molecule has 0 radical (unpaired) electrons. The number of carbonyl (C=O) groups excluding carboxylic acids is 2. The Labute approximate surface area is 161 Å². The fraction of sp³-hybridized carbons (Fsp3) is 0.263. The number of nitrogens with one attached hydrogen (secondary N) is 1. The van der Waals surface area contributed by atoms with Crippen LogP contribution in [0.25, 0.3) is 0 Å². The van der Waals surface area contributed by atoms with Crippen molar-refractivity contribution in [2.24, 2.45) is 5.92 Å². The maximum Gasteiger partial charge on any atom is 0.227 e. The van der Waals surface area contributed by atoms with E-state index in [-0.39, 0.29) is 24.8 Å². The van der Waals surface area contributed by atoms with Crippen LogP contribution in [0, 0.1) is 5.92 Å². The Bertz CT molecular complexity index is 841. The molecule has 1 fully saturated rings. The van der Waals surface area contributed by atoms with Gasteiger partial charge in [0.15, 0.2) is 0 Å². The third-order valence-electron chi connectivity index (χ3n) is 4.32. The fourth-order valence-corrected chi connectivity index (χ4v) is 3.33. The minimum absolute atomic E-state index is 0.143. The van der Waals surface area contributed by atoms with Crippen molar-refractivity contribution < 1.29 is 14.3 Å². The molecule has 1 atom stereocenters. The van der Waals surface area contributed by atoms with Gasteiger partial charge in [0.2, 0.25) is 11.8 Å². The maximum atomic E-state index is 12.5. The molecule has 2 amide bonds. The topological polar surface area (TPSA) is 58.6 Å². The summed E-state index contributed by atoms with van der Waals surface area (Å²) in [5, 5.41) is 3.58. The van der Waals surface area contributed by atoms with E-state index in [1.807, 2.05) is 24.3 Å². The van der Waals surface area contributed by atoms with Gasteiger partial charge in [-0.3, -0.25) is 9.59 Å². The predicted molar refractivity (Wildman–Crippen MR) is 102 cm³/mol. The second-order valence-electron chi connectivity index (χ2n) is 6.05. The molecule has 1 heterocycles. The summed E-state index contributed by atoms with van der Waals surface area (Å²) >= 11 is 12.2. The number of benzene rings is 2. The second-order valence-corrected chi connectivity index (χ2v) is 6.83. The zero-order valence-electron chi connectivity index (χ0n) is 14.2. The Morgan fingerprint density at radius 1 is 1.27 bits per heavy atom. The molecular formula is C19H18Cl2N2O3. The normalized spacial score (nSPS) is 16.7. The van der Waals surface area contributed by atoms with Gasteiger partial charge in [-0.2, -0.15) is 0 Å². The zero-order chi connectivity index (χ0) is 18.7. The van der Waals surface area contributed by atoms with E-state index in [4.69, 9.17) is 27.9 Å². The van der Waals surface area contributed by atoms with Crippen LogP contribution in [0.3, 0.4) is 0 Å². The minimum Gasteiger partial charge on any atom is -0.497 e. The average molecular weight is 393 g/mol. The van der Waals surface area contributed by atoms with Crippen molar-refractivity contribution in [1.29, 1.82) is 0 Å². The first-order valence-corrected chi connectivity index (χ1v) is 8.90. The number of nitrogens with zero attached hydrogens (tertiary/aromatic N) is 1. The summed E-state index contributed by atoms with van der Waals surface area (Å²) in [6, 6.07) is 12.6. The highest BCUT2D eigenvalue weighted by atomic mass is 35.5. The van der Waals surface area contributed by atoms with Crippen molar-refractivity contribution >= 4 is 40.7 Å². The standard InChI is InChI=1S/C19H18Cl2N2O3/c1-26-14-5-2-4-12(8-14)10-22-19(25)13-9-17(24)23(11-13)16-7-3-6-15(20)18(16)21/h2-8,13H,9-11H2,1H3,(H,22,25)/t13-/m0/s1. The van der Waals surface area contributed by atoms with Crippen molar-refractivity contribution in [1.82, 2.24) is 5.32 Å². The molecule has 1 N–H and O–H groups in total. The number of hydrogen-bond acceptors (Lipinski definition) is 3. The van der Waals surface area contributed by atoms with Gasteiger partial charge in [-0.15, -0.1) is 0 Å². The highest BCUT2D eigenvalue weighted by Crippen LogP contribution is 2.35. The van der Waals surface area contributed by atoms with Crippen molar-refractivity contribution in [2.75, 3.05) is 18.6 Å². The van der Waals surface area contributed by atoms with Gasteiger partial charge in [0.25, 0.3) is 0 Å². The Hall–Kier alpha value is -2.24. The number of amides is 2. The number of hydrogen-bond donors (Lipinski definition) is 1. The minimum atomic E-state index is -0.428. The first-order valence-electron chi connectivity index (χ1n) is 8.14. The van der Waals surface area contributed by atoms with Crippen LogP contribution in [-0.4, -0.2) is 25.5 Å². The number of methoxy groups -OCH3 is 1. The molecule has 1 saturated heterocycles. The number of ether oxygens (including phenoxy) is 1. The fourth-order valence-electron chi connectivity index (χ4n) is 2.93. The van der Waals surface area contributed by atoms with E-state index < -0.39 is 5.92 Å². The Kier molecular flexibility index (Phi) is 5.69. The summed E-state index contributed by atoms with van der Waals surface area (Å²) in [6.45, 7) is 0.654. The van der Waals surface area contributed by atoms with E-state index in [0.717, 1.165) is 11.3 Å². The highest BCUT2D eigenvalue weighted by molar-refractivity contribution is 6.44. The molecule has 2 aromatic carbocycles. The lowest BCUT2D eigenvalue weighted by atomic mass is 10.1. The average Bonchev–Trinajstić information content (AvgIpc) is 3.04. The molecule has 0 aliphatic carbocycles. The molecule has 0 unspecified atom stereocenters. The third-order valence-corrected chi connectivity index (χ3v) is 5.13. The molecule has 0 bridgehead atoms. The summed E-state index contributed by atoms with van der Waals surface area (Å²) in [7, 11) is 1.59. The lowest BCUT2D eigenvalue weighted by molar-refractivity contribution is -0.126. The maximum absolute atomic E-state index is 12.5. The van der Waals surface area contributed by atoms with Crippen LogP contribution in [0.4, 0.5) is 5.69 Å². The summed E-state index contributed by atoms with van der Waals surface area (Å²) in [5.74, 6) is -0.00441. The first kappa shape index (κ1) is 18.5. The van der Waals surface area contributed by atoms with Crippen molar-refractivity contribution in [3.8, 4) is 5.75 Å². The summed E-state index contributed by atoms with van der Waals surface area (Å²) in [6.07, 6.45) is 0.146. The van der Waals surface area contributed by atoms with Gasteiger partial charge < -0.3 is 15.0 Å². The number of halogens is 2. The Morgan fingerprint density at radius 2 is 2.04 bits per heavy atom. The molecular weight excluding hydrogens is 375 g/mol. The van der Waals surface area contributed by atoms with Crippen LogP contribution in [0.1, 0.15) is 12.0 Å². The molecule has 136 valence electrons.